The van der Waals surface area contributed by atoms with Crippen LogP contribution in [0.3, 0.4) is 0 Å². The van der Waals surface area contributed by atoms with Gasteiger partial charge in [0.05, 0.1) is 6.61 Å². The van der Waals surface area contributed by atoms with E-state index in [-0.39, 0.29) is 6.10 Å². The van der Waals surface area contributed by atoms with Gasteiger partial charge in [-0.15, -0.1) is 0 Å². The zero-order valence-corrected chi connectivity index (χ0v) is 13.5. The molecular formula is C17H28N2O2. The Morgan fingerprint density at radius 3 is 3.00 bits per heavy atom. The Morgan fingerprint density at radius 2 is 2.24 bits per heavy atom. The average molecular weight is 292 g/mol. The van der Waals surface area contributed by atoms with E-state index in [9.17, 15) is 0 Å². The van der Waals surface area contributed by atoms with Crippen LogP contribution in [0.5, 0.6) is 5.75 Å². The summed E-state index contributed by atoms with van der Waals surface area (Å²) in [6.07, 6.45) is 0.173. The Morgan fingerprint density at radius 1 is 1.38 bits per heavy atom. The Labute approximate surface area is 128 Å². The molecule has 0 amide bonds. The molecule has 1 atom stereocenters. The highest BCUT2D eigenvalue weighted by Crippen LogP contribution is 2.21. The van der Waals surface area contributed by atoms with Gasteiger partial charge >= 0.3 is 0 Å². The van der Waals surface area contributed by atoms with Crippen LogP contribution in [0.4, 0.5) is 0 Å². The first-order chi connectivity index (χ1) is 10.2. The van der Waals surface area contributed by atoms with Gasteiger partial charge in [0.15, 0.2) is 0 Å². The molecule has 0 radical (unpaired) electrons. The molecule has 1 aliphatic heterocycles. The number of aryl methyl sites for hydroxylation is 1. The van der Waals surface area contributed by atoms with Crippen molar-refractivity contribution in [2.24, 2.45) is 0 Å². The van der Waals surface area contributed by atoms with E-state index in [1.807, 2.05) is 0 Å². The summed E-state index contributed by atoms with van der Waals surface area (Å²) in [6.45, 7) is 12.7. The second-order valence-corrected chi connectivity index (χ2v) is 5.59. The van der Waals surface area contributed by atoms with Crippen molar-refractivity contribution in [3.63, 3.8) is 0 Å². The molecule has 1 fully saturated rings. The van der Waals surface area contributed by atoms with Gasteiger partial charge in [-0.05, 0) is 26.1 Å². The molecule has 1 aromatic carbocycles. The van der Waals surface area contributed by atoms with Gasteiger partial charge in [0.25, 0.3) is 0 Å². The van der Waals surface area contributed by atoms with E-state index in [0.717, 1.165) is 45.1 Å². The monoisotopic (exact) mass is 292 g/mol. The Hall–Kier alpha value is -1.10. The fraction of sp³-hybridized carbons (Fsp3) is 0.647. The number of morpholine rings is 1. The lowest BCUT2D eigenvalue weighted by atomic mass is 10.1. The normalized spacial score (nSPS) is 19.7. The van der Waals surface area contributed by atoms with Gasteiger partial charge in [-0.1, -0.05) is 31.5 Å². The van der Waals surface area contributed by atoms with Gasteiger partial charge in [-0.3, -0.25) is 4.90 Å². The molecule has 0 bridgehead atoms. The number of nitrogens with one attached hydrogen (secondary N) is 1. The van der Waals surface area contributed by atoms with Crippen LogP contribution in [0, 0.1) is 6.92 Å². The number of hydrogen-bond donors (Lipinski definition) is 1. The van der Waals surface area contributed by atoms with Crippen LogP contribution >= 0.6 is 0 Å². The maximum absolute atomic E-state index is 6.03. The highest BCUT2D eigenvalue weighted by Gasteiger charge is 2.20. The van der Waals surface area contributed by atoms with Crippen molar-refractivity contribution in [2.45, 2.75) is 33.4 Å². The number of nitrogens with zero attached hydrogens (tertiary/aromatic N) is 1. The van der Waals surface area contributed by atoms with Gasteiger partial charge in [0.1, 0.15) is 18.5 Å². The molecule has 1 aliphatic rings. The van der Waals surface area contributed by atoms with Crippen LogP contribution in [-0.4, -0.2) is 50.4 Å². The van der Waals surface area contributed by atoms with E-state index in [1.54, 1.807) is 0 Å². The summed E-state index contributed by atoms with van der Waals surface area (Å²) in [5.74, 6) is 0.971. The molecular weight excluding hydrogens is 264 g/mol. The highest BCUT2D eigenvalue weighted by molar-refractivity contribution is 5.36. The maximum Gasteiger partial charge on any atom is 0.123 e. The minimum Gasteiger partial charge on any atom is -0.490 e. The number of likely N-dealkylation sites (N-methyl/N-ethyl adjacent to an activating group) is 1. The molecule has 1 N–H and O–H groups in total. The summed E-state index contributed by atoms with van der Waals surface area (Å²) < 4.78 is 11.8. The molecule has 1 saturated heterocycles. The van der Waals surface area contributed by atoms with Crippen LogP contribution < -0.4 is 10.1 Å². The number of ether oxygens (including phenoxy) is 2. The zero-order chi connectivity index (χ0) is 15.1. The summed E-state index contributed by atoms with van der Waals surface area (Å²) >= 11 is 0. The number of hydrogen-bond acceptors (Lipinski definition) is 4. The first-order valence-corrected chi connectivity index (χ1v) is 8.00. The largest absolute Gasteiger partial charge is 0.490 e. The van der Waals surface area contributed by atoms with Crippen molar-refractivity contribution >= 4 is 0 Å². The average Bonchev–Trinajstić information content (AvgIpc) is 2.52. The fourth-order valence-corrected chi connectivity index (χ4v) is 2.60. The van der Waals surface area contributed by atoms with Gasteiger partial charge in [0.2, 0.25) is 0 Å². The first-order valence-electron chi connectivity index (χ1n) is 8.00. The second-order valence-electron chi connectivity index (χ2n) is 5.59. The Kier molecular flexibility index (Phi) is 6.49. The third-order valence-corrected chi connectivity index (χ3v) is 3.88. The molecule has 0 aliphatic carbocycles. The summed E-state index contributed by atoms with van der Waals surface area (Å²) in [5.41, 5.74) is 2.49. The van der Waals surface area contributed by atoms with Gasteiger partial charge in [-0.25, -0.2) is 0 Å². The molecule has 4 nitrogen and oxygen atoms in total. The van der Waals surface area contributed by atoms with Crippen molar-refractivity contribution in [3.05, 3.63) is 29.3 Å². The topological polar surface area (TPSA) is 33.7 Å². The Balaban J connectivity index is 1.92. The molecule has 21 heavy (non-hydrogen) atoms. The van der Waals surface area contributed by atoms with Crippen molar-refractivity contribution in [1.29, 1.82) is 0 Å². The fourth-order valence-electron chi connectivity index (χ4n) is 2.60. The molecule has 2 rings (SSSR count). The molecule has 0 saturated carbocycles. The predicted molar refractivity (Wildman–Crippen MR) is 85.9 cm³/mol. The quantitative estimate of drug-likeness (QED) is 0.835. The minimum atomic E-state index is 0.173. The molecule has 1 aromatic rings. The van der Waals surface area contributed by atoms with Gasteiger partial charge < -0.3 is 14.8 Å². The van der Waals surface area contributed by atoms with Crippen molar-refractivity contribution in [2.75, 3.05) is 39.4 Å². The van der Waals surface area contributed by atoms with E-state index in [0.29, 0.717) is 6.61 Å². The highest BCUT2D eigenvalue weighted by atomic mass is 16.5. The smallest absolute Gasteiger partial charge is 0.123 e. The van der Waals surface area contributed by atoms with Crippen LogP contribution in [0.25, 0.3) is 0 Å². The summed E-state index contributed by atoms with van der Waals surface area (Å²) in [6, 6.07) is 6.37. The van der Waals surface area contributed by atoms with E-state index in [4.69, 9.17) is 9.47 Å². The second kappa shape index (κ2) is 8.37. The van der Waals surface area contributed by atoms with Crippen molar-refractivity contribution in [3.8, 4) is 5.75 Å². The van der Waals surface area contributed by atoms with Crippen LogP contribution in [-0.2, 0) is 11.3 Å². The van der Waals surface area contributed by atoms with Gasteiger partial charge in [0, 0.05) is 25.2 Å². The third kappa shape index (κ3) is 4.99. The van der Waals surface area contributed by atoms with E-state index in [1.165, 1.54) is 11.1 Å². The minimum absolute atomic E-state index is 0.173. The predicted octanol–water partition coefficient (Wildman–Crippen LogP) is 2.20. The molecule has 118 valence electrons. The molecule has 0 aromatic heterocycles. The Bertz CT molecular complexity index is 437. The molecule has 1 unspecified atom stereocenters. The standard InChI is InChI=1S/C17H28N2O2/c1-4-18-11-15-10-14(3)6-7-17(15)21-13-16-12-19(5-2)8-9-20-16/h6-7,10,16,18H,4-5,8-9,11-13H2,1-3H3. The van der Waals surface area contributed by atoms with Crippen molar-refractivity contribution < 1.29 is 9.47 Å². The van der Waals surface area contributed by atoms with Gasteiger partial charge in [-0.2, -0.15) is 0 Å². The van der Waals surface area contributed by atoms with E-state index < -0.39 is 0 Å². The zero-order valence-electron chi connectivity index (χ0n) is 13.5. The van der Waals surface area contributed by atoms with Crippen LogP contribution in [0.15, 0.2) is 18.2 Å². The van der Waals surface area contributed by atoms with E-state index >= 15 is 0 Å². The van der Waals surface area contributed by atoms with Crippen LogP contribution in [0.1, 0.15) is 25.0 Å². The third-order valence-electron chi connectivity index (χ3n) is 3.88. The lowest BCUT2D eigenvalue weighted by molar-refractivity contribution is -0.0465. The lowest BCUT2D eigenvalue weighted by Crippen LogP contribution is -2.44. The molecule has 4 heteroatoms. The first kappa shape index (κ1) is 16.3. The number of benzene rings is 1. The van der Waals surface area contributed by atoms with Crippen molar-refractivity contribution in [1.82, 2.24) is 10.2 Å². The SMILES string of the molecule is CCNCc1cc(C)ccc1OCC1CN(CC)CCO1. The number of rotatable bonds is 7. The summed E-state index contributed by atoms with van der Waals surface area (Å²) in [7, 11) is 0. The van der Waals surface area contributed by atoms with E-state index in [2.05, 4.69) is 49.2 Å². The lowest BCUT2D eigenvalue weighted by Gasteiger charge is -2.32. The summed E-state index contributed by atoms with van der Waals surface area (Å²) in [5, 5.41) is 3.37. The van der Waals surface area contributed by atoms with Crippen LogP contribution in [0.2, 0.25) is 0 Å². The maximum atomic E-state index is 6.03. The summed E-state index contributed by atoms with van der Waals surface area (Å²) in [4.78, 5) is 2.41. The molecule has 0 spiro atoms. The molecule has 1 heterocycles.